The summed E-state index contributed by atoms with van der Waals surface area (Å²) in [5.41, 5.74) is 4.97. The Labute approximate surface area is 170 Å². The number of nitrogen functional groups attached to an aromatic ring is 1. The van der Waals surface area contributed by atoms with Crippen molar-refractivity contribution in [2.24, 2.45) is 5.92 Å². The molecule has 1 saturated heterocycles. The molecule has 2 rings (SSSR count). The van der Waals surface area contributed by atoms with E-state index in [4.69, 9.17) is 17.3 Å². The molecule has 8 nitrogen and oxygen atoms in total. The predicted molar refractivity (Wildman–Crippen MR) is 111 cm³/mol. The summed E-state index contributed by atoms with van der Waals surface area (Å²) >= 11 is 5.88. The summed E-state index contributed by atoms with van der Waals surface area (Å²) in [6, 6.07) is 1.30. The van der Waals surface area contributed by atoms with Crippen LogP contribution in [0, 0.1) is 5.92 Å². The lowest BCUT2D eigenvalue weighted by Gasteiger charge is -2.32. The molecule has 1 aliphatic heterocycles. The second-order valence-corrected chi connectivity index (χ2v) is 7.66. The van der Waals surface area contributed by atoms with Gasteiger partial charge in [-0.05, 0) is 57.3 Å². The molecule has 0 radical (unpaired) electrons. The summed E-state index contributed by atoms with van der Waals surface area (Å²) in [7, 11) is 1.66. The first-order chi connectivity index (χ1) is 13.4. The summed E-state index contributed by atoms with van der Waals surface area (Å²) in [5, 5.41) is 5.63. The third kappa shape index (κ3) is 6.83. The predicted octanol–water partition coefficient (Wildman–Crippen LogP) is 1.36. The van der Waals surface area contributed by atoms with E-state index < -0.39 is 11.5 Å². The molecule has 0 atom stereocenters. The first-order valence-electron chi connectivity index (χ1n) is 9.80. The fourth-order valence-electron chi connectivity index (χ4n) is 3.36. The number of unbranched alkanes of at least 4 members (excludes halogenated alkanes) is 2. The zero-order valence-corrected chi connectivity index (χ0v) is 17.1. The van der Waals surface area contributed by atoms with Crippen LogP contribution in [0.4, 0.5) is 5.82 Å². The first kappa shape index (κ1) is 22.2. The van der Waals surface area contributed by atoms with Crippen molar-refractivity contribution in [3.05, 3.63) is 27.0 Å². The van der Waals surface area contributed by atoms with Crippen LogP contribution in [0.5, 0.6) is 0 Å². The number of hydrogen-bond acceptors (Lipinski definition) is 5. The molecule has 5 N–H and O–H groups in total. The van der Waals surface area contributed by atoms with E-state index in [1.165, 1.54) is 6.07 Å². The average Bonchev–Trinajstić information content (AvgIpc) is 2.69. The molecular weight excluding hydrogens is 382 g/mol. The molecule has 1 fully saturated rings. The highest BCUT2D eigenvalue weighted by Gasteiger charge is 2.20. The van der Waals surface area contributed by atoms with E-state index in [9.17, 15) is 14.4 Å². The van der Waals surface area contributed by atoms with Crippen LogP contribution < -0.4 is 21.9 Å². The lowest BCUT2D eigenvalue weighted by molar-refractivity contribution is -0.120. The molecule has 0 aliphatic carbocycles. The van der Waals surface area contributed by atoms with Gasteiger partial charge in [-0.15, -0.1) is 0 Å². The van der Waals surface area contributed by atoms with Crippen molar-refractivity contribution < 1.29 is 9.59 Å². The Kier molecular flexibility index (Phi) is 8.79. The van der Waals surface area contributed by atoms with Gasteiger partial charge in [0.15, 0.2) is 0 Å². The van der Waals surface area contributed by atoms with Gasteiger partial charge >= 0.3 is 0 Å². The molecule has 0 aromatic carbocycles. The van der Waals surface area contributed by atoms with Crippen molar-refractivity contribution >= 4 is 29.2 Å². The van der Waals surface area contributed by atoms with E-state index in [-0.39, 0.29) is 22.3 Å². The van der Waals surface area contributed by atoms with Crippen molar-refractivity contribution in [3.8, 4) is 0 Å². The summed E-state index contributed by atoms with van der Waals surface area (Å²) in [5.74, 6) is 0.133. The number of anilines is 1. The second-order valence-electron chi connectivity index (χ2n) is 7.25. The molecule has 2 amide bonds. The number of piperidine rings is 1. The Balaban J connectivity index is 1.65. The van der Waals surface area contributed by atoms with Crippen molar-refractivity contribution in [3.63, 3.8) is 0 Å². The quantitative estimate of drug-likeness (QED) is 0.457. The first-order valence-corrected chi connectivity index (χ1v) is 10.2. The standard InChI is InChI=1S/C19H30ClN5O3/c1-22-16(26)5-3-2-4-8-25-9-6-13(7-10-25)12-23-18(27)14-11-15(20)17(21)24-19(14)28/h11,13H,2-10,12H2,1H3,(H,22,26)(H,23,27)(H3,21,24,28). The molecule has 28 heavy (non-hydrogen) atoms. The van der Waals surface area contributed by atoms with Gasteiger partial charge in [-0.25, -0.2) is 0 Å². The van der Waals surface area contributed by atoms with Crippen molar-refractivity contribution in [2.75, 3.05) is 39.0 Å². The SMILES string of the molecule is CNC(=O)CCCCCN1CCC(CNC(=O)c2cc(Cl)c(N)[nH]c2=O)CC1. The number of carbonyl (C=O) groups excluding carboxylic acids is 2. The number of carbonyl (C=O) groups is 2. The zero-order valence-electron chi connectivity index (χ0n) is 16.4. The van der Waals surface area contributed by atoms with Crippen LogP contribution in [0.3, 0.4) is 0 Å². The third-order valence-corrected chi connectivity index (χ3v) is 5.49. The number of hydrogen-bond donors (Lipinski definition) is 4. The van der Waals surface area contributed by atoms with Crippen LogP contribution in [0.2, 0.25) is 5.02 Å². The van der Waals surface area contributed by atoms with Crippen LogP contribution in [0.25, 0.3) is 0 Å². The number of nitrogens with two attached hydrogens (primary N) is 1. The minimum Gasteiger partial charge on any atom is -0.384 e. The van der Waals surface area contributed by atoms with Crippen LogP contribution >= 0.6 is 11.6 Å². The van der Waals surface area contributed by atoms with Crippen molar-refractivity contribution in [1.29, 1.82) is 0 Å². The smallest absolute Gasteiger partial charge is 0.262 e. The highest BCUT2D eigenvalue weighted by molar-refractivity contribution is 6.33. The Morgan fingerprint density at radius 3 is 2.68 bits per heavy atom. The molecule has 2 heterocycles. The second kappa shape index (κ2) is 11.1. The summed E-state index contributed by atoms with van der Waals surface area (Å²) in [6.45, 7) is 3.60. The minimum atomic E-state index is -0.536. The number of H-pyrrole nitrogens is 1. The van der Waals surface area contributed by atoms with Crippen LogP contribution in [-0.2, 0) is 4.79 Å². The number of nitrogens with zero attached hydrogens (tertiary/aromatic N) is 1. The van der Waals surface area contributed by atoms with E-state index in [0.717, 1.165) is 51.7 Å². The van der Waals surface area contributed by atoms with E-state index in [0.29, 0.717) is 18.9 Å². The number of likely N-dealkylation sites (tertiary alicyclic amines) is 1. The zero-order chi connectivity index (χ0) is 20.5. The third-order valence-electron chi connectivity index (χ3n) is 5.18. The molecule has 0 bridgehead atoms. The Morgan fingerprint density at radius 1 is 1.29 bits per heavy atom. The maximum atomic E-state index is 12.2. The van der Waals surface area contributed by atoms with Gasteiger partial charge in [0, 0.05) is 20.0 Å². The lowest BCUT2D eigenvalue weighted by Crippen LogP contribution is -2.39. The molecule has 0 unspecified atom stereocenters. The number of pyridine rings is 1. The normalized spacial score (nSPS) is 15.4. The maximum absolute atomic E-state index is 12.2. The van der Waals surface area contributed by atoms with Crippen LogP contribution in [0.15, 0.2) is 10.9 Å². The fourth-order valence-corrected chi connectivity index (χ4v) is 3.51. The van der Waals surface area contributed by atoms with Gasteiger partial charge in [0.25, 0.3) is 11.5 Å². The highest BCUT2D eigenvalue weighted by Crippen LogP contribution is 2.18. The average molecular weight is 412 g/mol. The number of rotatable bonds is 9. The van der Waals surface area contributed by atoms with Gasteiger partial charge in [0.05, 0.1) is 5.02 Å². The van der Waals surface area contributed by atoms with Gasteiger partial charge in [0.1, 0.15) is 11.4 Å². The Bertz CT molecular complexity index is 729. The molecule has 9 heteroatoms. The molecule has 1 aromatic rings. The Morgan fingerprint density at radius 2 is 2.00 bits per heavy atom. The fraction of sp³-hybridized carbons (Fsp3) is 0.632. The topological polar surface area (TPSA) is 120 Å². The molecule has 1 aliphatic rings. The molecule has 156 valence electrons. The number of amides is 2. The van der Waals surface area contributed by atoms with Gasteiger partial charge in [-0.3, -0.25) is 14.4 Å². The molecule has 0 spiro atoms. The van der Waals surface area contributed by atoms with E-state index in [2.05, 4.69) is 20.5 Å². The van der Waals surface area contributed by atoms with E-state index in [1.807, 2.05) is 0 Å². The maximum Gasteiger partial charge on any atom is 0.262 e. The van der Waals surface area contributed by atoms with Gasteiger partial charge in [-0.2, -0.15) is 0 Å². The van der Waals surface area contributed by atoms with Crippen molar-refractivity contribution in [1.82, 2.24) is 20.5 Å². The number of halogens is 1. The summed E-state index contributed by atoms with van der Waals surface area (Å²) < 4.78 is 0. The number of aromatic nitrogens is 1. The summed E-state index contributed by atoms with van der Waals surface area (Å²) in [6.07, 6.45) is 5.70. The summed E-state index contributed by atoms with van der Waals surface area (Å²) in [4.78, 5) is 40.1. The van der Waals surface area contributed by atoms with Gasteiger partial charge in [-0.1, -0.05) is 18.0 Å². The number of aromatic amines is 1. The monoisotopic (exact) mass is 411 g/mol. The highest BCUT2D eigenvalue weighted by atomic mass is 35.5. The van der Waals surface area contributed by atoms with E-state index in [1.54, 1.807) is 7.05 Å². The Hall–Kier alpha value is -2.06. The van der Waals surface area contributed by atoms with Gasteiger partial charge < -0.3 is 26.3 Å². The number of nitrogens with one attached hydrogen (secondary N) is 3. The lowest BCUT2D eigenvalue weighted by atomic mass is 9.96. The minimum absolute atomic E-state index is 0.0200. The molecular formula is C19H30ClN5O3. The molecule has 0 saturated carbocycles. The van der Waals surface area contributed by atoms with Gasteiger partial charge in [0.2, 0.25) is 5.91 Å². The van der Waals surface area contributed by atoms with Crippen molar-refractivity contribution in [2.45, 2.75) is 38.5 Å². The van der Waals surface area contributed by atoms with Crippen LogP contribution in [0.1, 0.15) is 48.9 Å². The van der Waals surface area contributed by atoms with Crippen LogP contribution in [-0.4, -0.2) is 54.9 Å². The molecule has 1 aromatic heterocycles. The largest absolute Gasteiger partial charge is 0.384 e. The van der Waals surface area contributed by atoms with E-state index >= 15 is 0 Å².